The zero-order valence-electron chi connectivity index (χ0n) is 18.5. The van der Waals surface area contributed by atoms with Crippen LogP contribution in [0.1, 0.15) is 18.4 Å². The minimum atomic E-state index is -4.50. The van der Waals surface area contributed by atoms with Gasteiger partial charge in [-0.3, -0.25) is 4.79 Å². The van der Waals surface area contributed by atoms with Gasteiger partial charge in [0.05, 0.1) is 11.8 Å². The van der Waals surface area contributed by atoms with Crippen molar-refractivity contribution in [1.82, 2.24) is 14.6 Å². The number of urea groups is 1. The molecule has 12 heteroatoms. The number of aromatic nitrogens is 3. The van der Waals surface area contributed by atoms with E-state index in [4.69, 9.17) is 4.74 Å². The van der Waals surface area contributed by atoms with Crippen molar-refractivity contribution < 1.29 is 27.5 Å². The largest absolute Gasteiger partial charge is 0.438 e. The van der Waals surface area contributed by atoms with Crippen LogP contribution in [0.25, 0.3) is 5.65 Å². The number of carbonyl (C=O) groups is 2. The van der Waals surface area contributed by atoms with Crippen molar-refractivity contribution in [2.45, 2.75) is 19.0 Å². The molecule has 1 fully saturated rings. The molecule has 184 valence electrons. The van der Waals surface area contributed by atoms with Crippen LogP contribution in [0.3, 0.4) is 0 Å². The summed E-state index contributed by atoms with van der Waals surface area (Å²) in [6.45, 7) is 0. The zero-order valence-corrected chi connectivity index (χ0v) is 18.5. The number of nitrogens with zero attached hydrogens (tertiary/aromatic N) is 3. The Balaban J connectivity index is 1.19. The highest BCUT2D eigenvalue weighted by Crippen LogP contribution is 2.31. The van der Waals surface area contributed by atoms with Gasteiger partial charge < -0.3 is 20.7 Å². The fraction of sp³-hybridized carbons (Fsp3) is 0.167. The maximum atomic E-state index is 12.8. The Morgan fingerprint density at radius 1 is 0.944 bits per heavy atom. The van der Waals surface area contributed by atoms with E-state index in [1.165, 1.54) is 16.6 Å². The molecule has 3 N–H and O–H groups in total. The number of anilines is 3. The average Bonchev–Trinajstić information content (AvgIpc) is 3.61. The quantitative estimate of drug-likeness (QED) is 0.325. The molecular weight excluding hydrogens is 477 g/mol. The van der Waals surface area contributed by atoms with E-state index in [1.54, 1.807) is 42.6 Å². The number of benzene rings is 2. The minimum Gasteiger partial charge on any atom is -0.438 e. The highest BCUT2D eigenvalue weighted by molar-refractivity contribution is 5.99. The summed E-state index contributed by atoms with van der Waals surface area (Å²) in [6, 6.07) is 13.3. The molecule has 4 aromatic rings. The van der Waals surface area contributed by atoms with Crippen LogP contribution in [-0.2, 0) is 11.0 Å². The topological polar surface area (TPSA) is 110 Å². The Morgan fingerprint density at radius 2 is 1.69 bits per heavy atom. The highest BCUT2D eigenvalue weighted by atomic mass is 19.4. The Morgan fingerprint density at radius 3 is 2.42 bits per heavy atom. The summed E-state index contributed by atoms with van der Waals surface area (Å²) in [7, 11) is 0. The van der Waals surface area contributed by atoms with E-state index in [-0.39, 0.29) is 23.4 Å². The van der Waals surface area contributed by atoms with E-state index < -0.39 is 17.8 Å². The molecule has 3 amide bonds. The van der Waals surface area contributed by atoms with Gasteiger partial charge in [0.25, 0.3) is 0 Å². The predicted octanol–water partition coefficient (Wildman–Crippen LogP) is 5.53. The molecule has 1 aliphatic carbocycles. The lowest BCUT2D eigenvalue weighted by atomic mass is 10.2. The molecule has 9 nitrogen and oxygen atoms in total. The molecule has 2 aromatic carbocycles. The van der Waals surface area contributed by atoms with Gasteiger partial charge in [-0.1, -0.05) is 6.07 Å². The Labute approximate surface area is 202 Å². The number of hydrogen-bond acceptors (Lipinski definition) is 5. The number of fused-ring (bicyclic) bond motifs is 1. The van der Waals surface area contributed by atoms with Gasteiger partial charge >= 0.3 is 12.2 Å². The van der Waals surface area contributed by atoms with Gasteiger partial charge in [-0.05, 0) is 61.4 Å². The van der Waals surface area contributed by atoms with Gasteiger partial charge in [-0.15, -0.1) is 5.10 Å². The van der Waals surface area contributed by atoms with Gasteiger partial charge in [-0.2, -0.15) is 13.2 Å². The number of rotatable bonds is 6. The maximum Gasteiger partial charge on any atom is 0.416 e. The molecule has 0 aliphatic heterocycles. The lowest BCUT2D eigenvalue weighted by Crippen LogP contribution is -2.19. The summed E-state index contributed by atoms with van der Waals surface area (Å²) in [4.78, 5) is 28.4. The van der Waals surface area contributed by atoms with Crippen molar-refractivity contribution >= 4 is 34.8 Å². The SMILES string of the molecule is O=C(Nc1ccc(Oc2ccc3nc(NC(=O)C4CC4)cn3n2)cc1)Nc1cccc(C(F)(F)F)c1. The fourth-order valence-corrected chi connectivity index (χ4v) is 3.35. The van der Waals surface area contributed by atoms with E-state index in [0.29, 0.717) is 22.9 Å². The first kappa shape index (κ1) is 23.1. The maximum absolute atomic E-state index is 12.8. The van der Waals surface area contributed by atoms with Crippen molar-refractivity contribution in [2.75, 3.05) is 16.0 Å². The zero-order chi connectivity index (χ0) is 25.3. The third-order valence-corrected chi connectivity index (χ3v) is 5.28. The van der Waals surface area contributed by atoms with Crippen molar-refractivity contribution in [1.29, 1.82) is 0 Å². The van der Waals surface area contributed by atoms with E-state index >= 15 is 0 Å². The lowest BCUT2D eigenvalue weighted by Gasteiger charge is -2.11. The van der Waals surface area contributed by atoms with E-state index in [2.05, 4.69) is 26.0 Å². The molecule has 1 aliphatic rings. The molecule has 0 saturated heterocycles. The number of halogens is 3. The van der Waals surface area contributed by atoms with Crippen LogP contribution in [-0.4, -0.2) is 26.5 Å². The van der Waals surface area contributed by atoms with Gasteiger partial charge in [0.1, 0.15) is 5.75 Å². The van der Waals surface area contributed by atoms with Crippen molar-refractivity contribution in [2.24, 2.45) is 5.92 Å². The molecule has 0 unspecified atom stereocenters. The molecular formula is C24H19F3N6O3. The second-order valence-electron chi connectivity index (χ2n) is 8.15. The molecule has 1 saturated carbocycles. The Kier molecular flexibility index (Phi) is 5.92. The number of hydrogen-bond donors (Lipinski definition) is 3. The van der Waals surface area contributed by atoms with Crippen LogP contribution in [0, 0.1) is 5.92 Å². The van der Waals surface area contributed by atoms with E-state index in [0.717, 1.165) is 25.0 Å². The normalized spacial score (nSPS) is 13.3. The summed E-state index contributed by atoms with van der Waals surface area (Å²) in [6.07, 6.45) is -1.12. The number of ether oxygens (including phenoxy) is 1. The lowest BCUT2D eigenvalue weighted by molar-refractivity contribution is -0.137. The molecule has 0 bridgehead atoms. The van der Waals surface area contributed by atoms with E-state index in [1.807, 2.05) is 0 Å². The average molecular weight is 496 g/mol. The van der Waals surface area contributed by atoms with E-state index in [9.17, 15) is 22.8 Å². The molecule has 2 aromatic heterocycles. The van der Waals surface area contributed by atoms with Gasteiger partial charge in [0.2, 0.25) is 11.8 Å². The molecule has 36 heavy (non-hydrogen) atoms. The monoisotopic (exact) mass is 496 g/mol. The molecule has 2 heterocycles. The summed E-state index contributed by atoms with van der Waals surface area (Å²) in [5.41, 5.74) is 0.0997. The fourth-order valence-electron chi connectivity index (χ4n) is 3.35. The van der Waals surface area contributed by atoms with Crippen LogP contribution < -0.4 is 20.7 Å². The van der Waals surface area contributed by atoms with Crippen LogP contribution in [0.5, 0.6) is 11.6 Å². The highest BCUT2D eigenvalue weighted by Gasteiger charge is 2.31. The summed E-state index contributed by atoms with van der Waals surface area (Å²) < 4.78 is 45.7. The number of carbonyl (C=O) groups excluding carboxylic acids is 2. The molecule has 0 radical (unpaired) electrons. The molecule has 0 spiro atoms. The number of amides is 3. The Hall–Kier alpha value is -4.61. The number of nitrogens with one attached hydrogen (secondary N) is 3. The van der Waals surface area contributed by atoms with Crippen LogP contribution in [0.4, 0.5) is 35.2 Å². The van der Waals surface area contributed by atoms with Gasteiger partial charge in [-0.25, -0.2) is 14.3 Å². The summed E-state index contributed by atoms with van der Waals surface area (Å²) >= 11 is 0. The van der Waals surface area contributed by atoms with Gasteiger partial charge in [0.15, 0.2) is 11.5 Å². The predicted molar refractivity (Wildman–Crippen MR) is 125 cm³/mol. The van der Waals surface area contributed by atoms with Crippen molar-refractivity contribution in [3.63, 3.8) is 0 Å². The second-order valence-corrected chi connectivity index (χ2v) is 8.15. The summed E-state index contributed by atoms with van der Waals surface area (Å²) in [5, 5.41) is 12.0. The number of imidazole rings is 1. The van der Waals surface area contributed by atoms with Crippen molar-refractivity contribution in [3.8, 4) is 11.6 Å². The first-order valence-corrected chi connectivity index (χ1v) is 10.9. The third-order valence-electron chi connectivity index (χ3n) is 5.28. The first-order valence-electron chi connectivity index (χ1n) is 10.9. The molecule has 5 rings (SSSR count). The minimum absolute atomic E-state index is 0.0125. The van der Waals surface area contributed by atoms with Crippen molar-refractivity contribution in [3.05, 3.63) is 72.4 Å². The smallest absolute Gasteiger partial charge is 0.416 e. The van der Waals surface area contributed by atoms with Crippen LogP contribution in [0.15, 0.2) is 66.9 Å². The number of alkyl halides is 3. The summed E-state index contributed by atoms with van der Waals surface area (Å²) in [5.74, 6) is 1.14. The molecule has 0 atom stereocenters. The van der Waals surface area contributed by atoms with Crippen LogP contribution in [0.2, 0.25) is 0 Å². The van der Waals surface area contributed by atoms with Gasteiger partial charge in [0, 0.05) is 23.4 Å². The van der Waals surface area contributed by atoms with Crippen LogP contribution >= 0.6 is 0 Å². The third kappa shape index (κ3) is 5.54. The first-order chi connectivity index (χ1) is 17.2. The Bertz CT molecular complexity index is 1430. The second kappa shape index (κ2) is 9.21. The standard InChI is InChI=1S/C24H19F3N6O3/c25-24(26,27)15-2-1-3-17(12-15)29-23(35)28-16-6-8-18(9-7-16)36-21-11-10-20-30-19(13-33(20)32-21)31-22(34)14-4-5-14/h1-3,6-14H,4-5H2,(H,31,34)(H2,28,29,35).